The highest BCUT2D eigenvalue weighted by Gasteiger charge is 2.54. The monoisotopic (exact) mass is 485 g/mol. The second-order valence-corrected chi connectivity index (χ2v) is 10.5. The molecule has 1 spiro atoms. The zero-order valence-corrected chi connectivity index (χ0v) is 20.1. The smallest absolute Gasteiger partial charge is 0.274 e. The van der Waals surface area contributed by atoms with Crippen LogP contribution in [0, 0.1) is 11.7 Å². The Bertz CT molecular complexity index is 1120. The zero-order chi connectivity index (χ0) is 24.8. The van der Waals surface area contributed by atoms with Gasteiger partial charge in [0, 0.05) is 35.7 Å². The predicted octanol–water partition coefficient (Wildman–Crippen LogP) is 2.81. The molecular weight excluding hydrogens is 453 g/mol. The summed E-state index contributed by atoms with van der Waals surface area (Å²) in [6, 6.07) is 3.11. The molecule has 2 amide bonds. The van der Waals surface area contributed by atoms with Crippen LogP contribution in [-0.2, 0) is 4.79 Å². The number of methoxy groups -OCH3 is 1. The van der Waals surface area contributed by atoms with E-state index < -0.39 is 11.4 Å². The summed E-state index contributed by atoms with van der Waals surface area (Å²) in [4.78, 5) is 32.0. The molecule has 0 bridgehead atoms. The molecule has 1 aliphatic heterocycles. The fraction of sp³-hybridized carbons (Fsp3) is 0.600. The Morgan fingerprint density at radius 1 is 1.23 bits per heavy atom. The van der Waals surface area contributed by atoms with Crippen molar-refractivity contribution in [2.45, 2.75) is 75.5 Å². The maximum absolute atomic E-state index is 14.3. The van der Waals surface area contributed by atoms with Crippen molar-refractivity contribution < 1.29 is 23.8 Å². The van der Waals surface area contributed by atoms with Crippen LogP contribution in [0.15, 0.2) is 18.3 Å². The van der Waals surface area contributed by atoms with Crippen molar-refractivity contribution in [1.82, 2.24) is 25.4 Å². The Morgan fingerprint density at radius 3 is 2.66 bits per heavy atom. The summed E-state index contributed by atoms with van der Waals surface area (Å²) in [5.41, 5.74) is -0.121. The minimum absolute atomic E-state index is 0.0547. The first-order valence-corrected chi connectivity index (χ1v) is 12.3. The van der Waals surface area contributed by atoms with E-state index >= 15 is 0 Å². The number of likely N-dealkylation sites (tertiary alicyclic amines) is 1. The molecule has 5 rings (SSSR count). The van der Waals surface area contributed by atoms with Crippen LogP contribution >= 0.6 is 0 Å². The van der Waals surface area contributed by atoms with Gasteiger partial charge in [0.1, 0.15) is 0 Å². The van der Waals surface area contributed by atoms with E-state index in [1.807, 2.05) is 11.8 Å². The van der Waals surface area contributed by atoms with Gasteiger partial charge in [-0.25, -0.2) is 9.37 Å². The first-order chi connectivity index (χ1) is 16.7. The number of rotatable bonds is 5. The van der Waals surface area contributed by atoms with Gasteiger partial charge in [0.05, 0.1) is 24.6 Å². The molecule has 1 saturated heterocycles. The molecule has 35 heavy (non-hydrogen) atoms. The minimum atomic E-state index is -0.633. The normalized spacial score (nSPS) is 27.5. The first kappa shape index (κ1) is 23.7. The number of amides is 2. The molecule has 2 aliphatic carbocycles. The molecule has 3 N–H and O–H groups in total. The molecule has 0 radical (unpaired) electrons. The number of hydrogen-bond donors (Lipinski definition) is 3. The van der Waals surface area contributed by atoms with Crippen LogP contribution in [0.5, 0.6) is 5.88 Å². The van der Waals surface area contributed by atoms with Crippen LogP contribution in [0.3, 0.4) is 0 Å². The third kappa shape index (κ3) is 4.76. The molecule has 3 aliphatic rings. The molecule has 2 aromatic rings. The SMILES string of the molecule is COc1cc(-c2cc(C(=O)N3CC[C@H](C(=O)N[C@H]4CC[C@](C)(O)CC4)CC34CC4)n[nH]2)c(F)cn1. The third-order valence-corrected chi connectivity index (χ3v) is 7.88. The van der Waals surface area contributed by atoms with E-state index in [0.29, 0.717) is 37.9 Å². The number of pyridine rings is 1. The van der Waals surface area contributed by atoms with E-state index in [0.717, 1.165) is 31.9 Å². The molecule has 10 heteroatoms. The molecular formula is C25H32FN5O4. The van der Waals surface area contributed by atoms with Gasteiger partial charge in [0.2, 0.25) is 11.8 Å². The third-order valence-electron chi connectivity index (χ3n) is 7.88. The number of carbonyl (C=O) groups excluding carboxylic acids is 2. The molecule has 9 nitrogen and oxygen atoms in total. The maximum atomic E-state index is 14.3. The Labute approximate surface area is 203 Å². The second kappa shape index (κ2) is 8.89. The number of aromatic amines is 1. The first-order valence-electron chi connectivity index (χ1n) is 12.3. The van der Waals surface area contributed by atoms with E-state index in [1.54, 1.807) is 6.07 Å². The van der Waals surface area contributed by atoms with Gasteiger partial charge < -0.3 is 20.1 Å². The van der Waals surface area contributed by atoms with Crippen molar-refractivity contribution in [3.05, 3.63) is 29.8 Å². The summed E-state index contributed by atoms with van der Waals surface area (Å²) in [5.74, 6) is -0.559. The Hall–Kier alpha value is -3.01. The molecule has 2 saturated carbocycles. The van der Waals surface area contributed by atoms with Gasteiger partial charge in [-0.05, 0) is 64.4 Å². The predicted molar refractivity (Wildman–Crippen MR) is 125 cm³/mol. The lowest BCUT2D eigenvalue weighted by Crippen LogP contribution is -2.52. The lowest BCUT2D eigenvalue weighted by Gasteiger charge is -2.40. The van der Waals surface area contributed by atoms with Gasteiger partial charge in [0.15, 0.2) is 11.5 Å². The number of halogens is 1. The number of ether oxygens (including phenoxy) is 1. The fourth-order valence-corrected chi connectivity index (χ4v) is 5.50. The highest BCUT2D eigenvalue weighted by Crippen LogP contribution is 2.50. The summed E-state index contributed by atoms with van der Waals surface area (Å²) in [5, 5.41) is 20.2. The van der Waals surface area contributed by atoms with E-state index in [2.05, 4.69) is 20.5 Å². The van der Waals surface area contributed by atoms with Crippen molar-refractivity contribution in [3.63, 3.8) is 0 Å². The van der Waals surface area contributed by atoms with Crippen molar-refractivity contribution in [1.29, 1.82) is 0 Å². The van der Waals surface area contributed by atoms with Crippen molar-refractivity contribution >= 4 is 11.8 Å². The van der Waals surface area contributed by atoms with Crippen LogP contribution in [0.4, 0.5) is 4.39 Å². The number of piperidine rings is 1. The average molecular weight is 486 g/mol. The Kier molecular flexibility index (Phi) is 6.03. The lowest BCUT2D eigenvalue weighted by atomic mass is 9.83. The van der Waals surface area contributed by atoms with Crippen molar-refractivity contribution in [3.8, 4) is 17.1 Å². The van der Waals surface area contributed by atoms with Crippen molar-refractivity contribution in [2.75, 3.05) is 13.7 Å². The topological polar surface area (TPSA) is 120 Å². The zero-order valence-electron chi connectivity index (χ0n) is 20.1. The number of aliphatic hydroxyl groups is 1. The van der Waals surface area contributed by atoms with Crippen LogP contribution < -0.4 is 10.1 Å². The lowest BCUT2D eigenvalue weighted by molar-refractivity contribution is -0.128. The van der Waals surface area contributed by atoms with Gasteiger partial charge in [0.25, 0.3) is 5.91 Å². The quantitative estimate of drug-likeness (QED) is 0.599. The van der Waals surface area contributed by atoms with E-state index in [-0.39, 0.29) is 46.5 Å². The van der Waals surface area contributed by atoms with Gasteiger partial charge in [-0.1, -0.05) is 0 Å². The van der Waals surface area contributed by atoms with Gasteiger partial charge in [-0.2, -0.15) is 5.10 Å². The van der Waals surface area contributed by atoms with Crippen molar-refractivity contribution in [2.24, 2.45) is 5.92 Å². The van der Waals surface area contributed by atoms with Crippen LogP contribution in [0.1, 0.15) is 68.8 Å². The standard InChI is InChI=1S/C25H32FN5O4/c1-24(34)6-3-16(4-7-24)28-22(32)15-5-10-31(25(13-15)8-9-25)23(33)20-12-19(29-30-20)17-11-21(35-2)27-14-18(17)26/h11-12,14-16,34H,3-10,13H2,1-2H3,(H,28,32)(H,29,30)/t15-,16-,24-/m0/s1. The second-order valence-electron chi connectivity index (χ2n) is 10.5. The molecule has 188 valence electrons. The van der Waals surface area contributed by atoms with Gasteiger partial charge >= 0.3 is 0 Å². The average Bonchev–Trinajstić information content (AvgIpc) is 3.41. The highest BCUT2D eigenvalue weighted by atomic mass is 19.1. The summed E-state index contributed by atoms with van der Waals surface area (Å²) >= 11 is 0. The number of hydrogen-bond acceptors (Lipinski definition) is 6. The number of nitrogens with zero attached hydrogens (tertiary/aromatic N) is 3. The summed E-state index contributed by atoms with van der Waals surface area (Å²) < 4.78 is 19.4. The molecule has 2 aromatic heterocycles. The summed E-state index contributed by atoms with van der Waals surface area (Å²) in [6.45, 7) is 2.33. The molecule has 1 atom stereocenters. The fourth-order valence-electron chi connectivity index (χ4n) is 5.50. The largest absolute Gasteiger partial charge is 0.481 e. The molecule has 3 heterocycles. The highest BCUT2D eigenvalue weighted by molar-refractivity contribution is 5.94. The van der Waals surface area contributed by atoms with Gasteiger partial charge in [-0.15, -0.1) is 0 Å². The summed E-state index contributed by atoms with van der Waals surface area (Å²) in [6.07, 6.45) is 6.98. The van der Waals surface area contributed by atoms with Crippen LogP contribution in [-0.4, -0.2) is 67.8 Å². The van der Waals surface area contributed by atoms with E-state index in [9.17, 15) is 19.1 Å². The molecule has 0 unspecified atom stereocenters. The van der Waals surface area contributed by atoms with Gasteiger partial charge in [-0.3, -0.25) is 14.7 Å². The Morgan fingerprint density at radius 2 is 1.97 bits per heavy atom. The van der Waals surface area contributed by atoms with Crippen LogP contribution in [0.25, 0.3) is 11.3 Å². The molecule has 3 fully saturated rings. The number of H-pyrrole nitrogens is 1. The molecule has 0 aromatic carbocycles. The minimum Gasteiger partial charge on any atom is -0.481 e. The number of carbonyl (C=O) groups is 2. The number of nitrogens with one attached hydrogen (secondary N) is 2. The maximum Gasteiger partial charge on any atom is 0.274 e. The number of aromatic nitrogens is 3. The Balaban J connectivity index is 1.23. The van der Waals surface area contributed by atoms with E-state index in [4.69, 9.17) is 4.74 Å². The van der Waals surface area contributed by atoms with E-state index in [1.165, 1.54) is 13.2 Å². The van der Waals surface area contributed by atoms with Crippen LogP contribution in [0.2, 0.25) is 0 Å². The summed E-state index contributed by atoms with van der Waals surface area (Å²) in [7, 11) is 1.45.